The summed E-state index contributed by atoms with van der Waals surface area (Å²) in [6.07, 6.45) is 3.38. The minimum Gasteiger partial charge on any atom is -0.375 e. The second-order valence-corrected chi connectivity index (χ2v) is 6.80. The van der Waals surface area contributed by atoms with Crippen LogP contribution in [0, 0.1) is 23.0 Å². The molecule has 2 heterocycles. The molecule has 3 rings (SSSR count). The Bertz CT molecular complexity index is 855. The highest BCUT2D eigenvalue weighted by molar-refractivity contribution is 5.77. The molecule has 27 heavy (non-hydrogen) atoms. The average molecular weight is 369 g/mol. The summed E-state index contributed by atoms with van der Waals surface area (Å²) in [6, 6.07) is 8.87. The summed E-state index contributed by atoms with van der Waals surface area (Å²) < 4.78 is 0. The highest BCUT2D eigenvalue weighted by Crippen LogP contribution is 2.28. The zero-order valence-corrected chi connectivity index (χ0v) is 15.2. The second-order valence-electron chi connectivity index (χ2n) is 6.80. The number of pyridine rings is 1. The number of aryl methyl sites for hydroxylation is 1. The number of primary amides is 1. The van der Waals surface area contributed by atoms with Gasteiger partial charge in [0.15, 0.2) is 0 Å². The van der Waals surface area contributed by atoms with E-state index in [1.165, 1.54) is 0 Å². The van der Waals surface area contributed by atoms with Gasteiger partial charge < -0.3 is 16.0 Å². The Balaban J connectivity index is 1.79. The highest BCUT2D eigenvalue weighted by atomic mass is 16.6. The Morgan fingerprint density at radius 1 is 1.44 bits per heavy atom. The van der Waals surface area contributed by atoms with Crippen LogP contribution in [-0.2, 0) is 11.3 Å². The zero-order valence-electron chi connectivity index (χ0n) is 15.2. The highest BCUT2D eigenvalue weighted by Gasteiger charge is 2.26. The molecule has 0 aliphatic carbocycles. The molecule has 1 aromatic heterocycles. The van der Waals surface area contributed by atoms with E-state index in [0.717, 1.165) is 36.3 Å². The Morgan fingerprint density at radius 2 is 2.26 bits per heavy atom. The van der Waals surface area contributed by atoms with Crippen LogP contribution in [0.2, 0.25) is 0 Å². The fourth-order valence-corrected chi connectivity index (χ4v) is 3.39. The Kier molecular flexibility index (Phi) is 5.54. The van der Waals surface area contributed by atoms with Crippen molar-refractivity contribution in [3.8, 4) is 0 Å². The summed E-state index contributed by atoms with van der Waals surface area (Å²) in [5, 5.41) is 14.5. The first-order valence-electron chi connectivity index (χ1n) is 8.93. The second kappa shape index (κ2) is 8.03. The fourth-order valence-electron chi connectivity index (χ4n) is 3.39. The Labute approximate surface area is 157 Å². The van der Waals surface area contributed by atoms with Gasteiger partial charge in [-0.3, -0.25) is 14.9 Å². The number of carbonyl (C=O) groups is 1. The molecule has 1 saturated heterocycles. The molecule has 1 unspecified atom stereocenters. The number of piperidine rings is 1. The summed E-state index contributed by atoms with van der Waals surface area (Å²) in [7, 11) is 0. The zero-order chi connectivity index (χ0) is 19.4. The number of aromatic nitrogens is 1. The topological polar surface area (TPSA) is 114 Å². The number of amides is 1. The first kappa shape index (κ1) is 18.6. The average Bonchev–Trinajstić information content (AvgIpc) is 2.67. The number of nitro benzene ring substituents is 1. The minimum atomic E-state index is -0.387. The molecule has 3 N–H and O–H groups in total. The maximum atomic E-state index is 11.6. The molecule has 1 aliphatic rings. The van der Waals surface area contributed by atoms with Crippen molar-refractivity contribution in [1.29, 1.82) is 0 Å². The summed E-state index contributed by atoms with van der Waals surface area (Å²) >= 11 is 0. The maximum absolute atomic E-state index is 11.6. The number of nitrogens with zero attached hydrogens (tertiary/aromatic N) is 3. The summed E-state index contributed by atoms with van der Waals surface area (Å²) in [5.74, 6) is 0.316. The monoisotopic (exact) mass is 369 g/mol. The Hall–Kier alpha value is -3.16. The molecule has 0 radical (unpaired) electrons. The quantitative estimate of drug-likeness (QED) is 0.597. The van der Waals surface area contributed by atoms with Crippen molar-refractivity contribution < 1.29 is 9.72 Å². The third-order valence-corrected chi connectivity index (χ3v) is 4.81. The van der Waals surface area contributed by atoms with E-state index in [-0.39, 0.29) is 22.4 Å². The molecule has 0 saturated carbocycles. The van der Waals surface area contributed by atoms with Crippen molar-refractivity contribution in [1.82, 2.24) is 4.98 Å². The molecule has 2 aromatic rings. The van der Waals surface area contributed by atoms with Gasteiger partial charge in [-0.2, -0.15) is 0 Å². The molecule has 0 bridgehead atoms. The van der Waals surface area contributed by atoms with Crippen LogP contribution in [0.4, 0.5) is 17.2 Å². The molecule has 1 aliphatic heterocycles. The lowest BCUT2D eigenvalue weighted by atomic mass is 9.97. The molecule has 1 amide bonds. The van der Waals surface area contributed by atoms with Crippen LogP contribution in [-0.4, -0.2) is 28.9 Å². The molecule has 1 atom stereocenters. The number of anilines is 2. The summed E-state index contributed by atoms with van der Waals surface area (Å²) in [4.78, 5) is 29.0. The number of nitro groups is 1. The lowest BCUT2D eigenvalue weighted by Gasteiger charge is -2.33. The molecule has 1 fully saturated rings. The summed E-state index contributed by atoms with van der Waals surface area (Å²) in [6.45, 7) is 3.56. The summed E-state index contributed by atoms with van der Waals surface area (Å²) in [5.41, 5.74) is 7.74. The van der Waals surface area contributed by atoms with Gasteiger partial charge in [0.2, 0.25) is 5.91 Å². The van der Waals surface area contributed by atoms with E-state index in [0.29, 0.717) is 18.8 Å². The fraction of sp³-hybridized carbons (Fsp3) is 0.368. The third-order valence-electron chi connectivity index (χ3n) is 4.81. The molecule has 8 nitrogen and oxygen atoms in total. The van der Waals surface area contributed by atoms with E-state index < -0.39 is 0 Å². The standard InChI is InChI=1S/C19H23N5O3/c1-13-6-7-16(17(10-13)24(26)27)22-11-14-4-2-8-21-19(14)23-9-3-5-15(12-23)18(20)25/h2,4,6-8,10,15,22H,3,5,9,11-12H2,1H3,(H2,20,25). The van der Waals surface area contributed by atoms with Gasteiger partial charge in [0.1, 0.15) is 11.5 Å². The lowest BCUT2D eigenvalue weighted by Crippen LogP contribution is -2.42. The van der Waals surface area contributed by atoms with Gasteiger partial charge in [-0.25, -0.2) is 4.98 Å². The predicted molar refractivity (Wildman–Crippen MR) is 104 cm³/mol. The largest absolute Gasteiger partial charge is 0.375 e. The normalized spacial score (nSPS) is 16.8. The maximum Gasteiger partial charge on any atom is 0.292 e. The van der Waals surface area contributed by atoms with Crippen molar-refractivity contribution in [2.45, 2.75) is 26.3 Å². The van der Waals surface area contributed by atoms with E-state index in [1.807, 2.05) is 25.1 Å². The van der Waals surface area contributed by atoms with Crippen molar-refractivity contribution in [3.63, 3.8) is 0 Å². The smallest absolute Gasteiger partial charge is 0.292 e. The first-order valence-corrected chi connectivity index (χ1v) is 8.93. The van der Waals surface area contributed by atoms with Gasteiger partial charge in [0.05, 0.1) is 10.8 Å². The van der Waals surface area contributed by atoms with Crippen molar-refractivity contribution in [2.75, 3.05) is 23.3 Å². The Morgan fingerprint density at radius 3 is 3.00 bits per heavy atom. The third kappa shape index (κ3) is 4.33. The number of hydrogen-bond donors (Lipinski definition) is 2. The van der Waals surface area contributed by atoms with E-state index >= 15 is 0 Å². The molecule has 1 aromatic carbocycles. The molecular weight excluding hydrogens is 346 g/mol. The van der Waals surface area contributed by atoms with E-state index in [9.17, 15) is 14.9 Å². The first-order chi connectivity index (χ1) is 13.0. The van der Waals surface area contributed by atoms with Gasteiger partial charge in [0.25, 0.3) is 5.69 Å². The number of carbonyl (C=O) groups excluding carboxylic acids is 1. The van der Waals surface area contributed by atoms with Gasteiger partial charge >= 0.3 is 0 Å². The molecule has 0 spiro atoms. The lowest BCUT2D eigenvalue weighted by molar-refractivity contribution is -0.384. The van der Waals surface area contributed by atoms with E-state index in [1.54, 1.807) is 18.3 Å². The predicted octanol–water partition coefficient (Wildman–Crippen LogP) is 2.61. The number of nitrogens with two attached hydrogens (primary N) is 1. The number of hydrogen-bond acceptors (Lipinski definition) is 6. The van der Waals surface area contributed by atoms with Crippen molar-refractivity contribution >= 4 is 23.1 Å². The van der Waals surface area contributed by atoms with Crippen molar-refractivity contribution in [3.05, 3.63) is 57.8 Å². The molecule has 8 heteroatoms. The van der Waals surface area contributed by atoms with E-state index in [4.69, 9.17) is 5.73 Å². The number of nitrogens with one attached hydrogen (secondary N) is 1. The van der Waals surface area contributed by atoms with Crippen LogP contribution in [0.5, 0.6) is 0 Å². The van der Waals surface area contributed by atoms with Gasteiger partial charge in [-0.15, -0.1) is 0 Å². The van der Waals surface area contributed by atoms with Crippen LogP contribution in [0.15, 0.2) is 36.5 Å². The minimum absolute atomic E-state index is 0.0483. The number of rotatable bonds is 6. The van der Waals surface area contributed by atoms with Gasteiger partial charge in [-0.05, 0) is 37.5 Å². The van der Waals surface area contributed by atoms with Gasteiger partial charge in [-0.1, -0.05) is 12.1 Å². The van der Waals surface area contributed by atoms with Gasteiger partial charge in [0, 0.05) is 37.5 Å². The van der Waals surface area contributed by atoms with Crippen LogP contribution < -0.4 is 16.0 Å². The van der Waals surface area contributed by atoms with Crippen molar-refractivity contribution in [2.24, 2.45) is 11.7 Å². The molecule has 142 valence electrons. The van der Waals surface area contributed by atoms with E-state index in [2.05, 4.69) is 15.2 Å². The van der Waals surface area contributed by atoms with Crippen LogP contribution in [0.25, 0.3) is 0 Å². The SMILES string of the molecule is Cc1ccc(NCc2cccnc2N2CCCC(C(N)=O)C2)c([N+](=O)[O-])c1. The number of benzene rings is 1. The molecular formula is C19H23N5O3. The van der Waals surface area contributed by atoms with Crippen LogP contribution in [0.3, 0.4) is 0 Å². The van der Waals surface area contributed by atoms with Crippen LogP contribution >= 0.6 is 0 Å². The van der Waals surface area contributed by atoms with Crippen LogP contribution in [0.1, 0.15) is 24.0 Å².